The van der Waals surface area contributed by atoms with Gasteiger partial charge in [-0.1, -0.05) is 17.7 Å². The van der Waals surface area contributed by atoms with E-state index in [2.05, 4.69) is 25.5 Å². The maximum absolute atomic E-state index is 14.1. The van der Waals surface area contributed by atoms with E-state index >= 15 is 0 Å². The highest BCUT2D eigenvalue weighted by atomic mass is 35.5. The fourth-order valence-electron chi connectivity index (χ4n) is 2.45. The Hall–Kier alpha value is -2.81. The topological polar surface area (TPSA) is 90.5 Å². The van der Waals surface area contributed by atoms with Crippen LogP contribution in [0.5, 0.6) is 0 Å². The van der Waals surface area contributed by atoms with Gasteiger partial charge in [-0.2, -0.15) is 10.2 Å². The van der Waals surface area contributed by atoms with Crippen molar-refractivity contribution in [2.75, 3.05) is 6.54 Å². The van der Waals surface area contributed by atoms with Crippen LogP contribution < -0.4 is 5.32 Å². The van der Waals surface area contributed by atoms with Gasteiger partial charge in [0, 0.05) is 30.5 Å². The number of carbonyl (C=O) groups excluding carboxylic acids is 1. The Kier molecular flexibility index (Phi) is 5.57. The molecule has 0 radical (unpaired) electrons. The van der Waals surface area contributed by atoms with Crippen molar-refractivity contribution in [2.45, 2.75) is 26.4 Å². The zero-order valence-corrected chi connectivity index (χ0v) is 14.8. The number of aromatic nitrogens is 6. The number of halogens is 2. The lowest BCUT2D eigenvalue weighted by Gasteiger charge is -2.09. The van der Waals surface area contributed by atoms with Gasteiger partial charge in [0.1, 0.15) is 30.8 Å². The molecule has 0 saturated carbocycles. The maximum atomic E-state index is 14.1. The van der Waals surface area contributed by atoms with Gasteiger partial charge in [-0.15, -0.1) is 0 Å². The van der Waals surface area contributed by atoms with Crippen molar-refractivity contribution in [2.24, 2.45) is 0 Å². The second kappa shape index (κ2) is 8.05. The fourth-order valence-corrected chi connectivity index (χ4v) is 2.67. The van der Waals surface area contributed by atoms with Crippen molar-refractivity contribution in [3.05, 3.63) is 58.9 Å². The predicted molar refractivity (Wildman–Crippen MR) is 92.0 cm³/mol. The van der Waals surface area contributed by atoms with Crippen LogP contribution in [0.1, 0.15) is 24.1 Å². The van der Waals surface area contributed by atoms with Crippen LogP contribution in [-0.4, -0.2) is 42.0 Å². The summed E-state index contributed by atoms with van der Waals surface area (Å²) >= 11 is 6.12. The number of amides is 1. The van der Waals surface area contributed by atoms with E-state index in [0.717, 1.165) is 0 Å². The summed E-state index contributed by atoms with van der Waals surface area (Å²) in [6, 6.07) is 4.53. The van der Waals surface area contributed by atoms with Gasteiger partial charge in [-0.3, -0.25) is 4.79 Å². The molecule has 0 unspecified atom stereocenters. The molecule has 0 saturated heterocycles. The molecule has 0 spiro atoms. The Labute approximate surface area is 154 Å². The van der Waals surface area contributed by atoms with Gasteiger partial charge in [-0.25, -0.2) is 23.7 Å². The fraction of sp³-hybridized carbons (Fsp3) is 0.312. The lowest BCUT2D eigenvalue weighted by atomic mass is 10.2. The summed E-state index contributed by atoms with van der Waals surface area (Å²) in [5.74, 6) is 0.601. The van der Waals surface area contributed by atoms with E-state index in [1.54, 1.807) is 27.8 Å². The summed E-state index contributed by atoms with van der Waals surface area (Å²) in [4.78, 5) is 19.4. The molecular weight excluding hydrogens is 361 g/mol. The first-order valence-corrected chi connectivity index (χ1v) is 8.33. The minimum atomic E-state index is -0.404. The van der Waals surface area contributed by atoms with Crippen molar-refractivity contribution in [3.63, 3.8) is 0 Å². The van der Waals surface area contributed by atoms with Crippen LogP contribution in [0.15, 0.2) is 30.9 Å². The van der Waals surface area contributed by atoms with Crippen molar-refractivity contribution < 1.29 is 9.18 Å². The highest BCUT2D eigenvalue weighted by molar-refractivity contribution is 6.31. The van der Waals surface area contributed by atoms with Crippen molar-refractivity contribution in [1.82, 2.24) is 34.8 Å². The van der Waals surface area contributed by atoms with Crippen LogP contribution in [0.4, 0.5) is 4.39 Å². The summed E-state index contributed by atoms with van der Waals surface area (Å²) in [5, 5.41) is 11.5. The number of rotatable bonds is 7. The first kappa shape index (κ1) is 18.0. The summed E-state index contributed by atoms with van der Waals surface area (Å²) in [7, 11) is 0. The number of nitrogens with zero attached hydrogens (tertiary/aromatic N) is 6. The van der Waals surface area contributed by atoms with Crippen LogP contribution >= 0.6 is 11.6 Å². The Balaban J connectivity index is 1.85. The largest absolute Gasteiger partial charge is 0.356 e. The molecule has 0 atom stereocenters. The Morgan fingerprint density at radius 2 is 2.19 bits per heavy atom. The van der Waals surface area contributed by atoms with Gasteiger partial charge in [-0.05, 0) is 12.1 Å². The Bertz CT molecular complexity index is 874. The Morgan fingerprint density at radius 1 is 1.35 bits per heavy atom. The molecule has 0 bridgehead atoms. The zero-order chi connectivity index (χ0) is 18.5. The van der Waals surface area contributed by atoms with E-state index in [9.17, 15) is 9.18 Å². The van der Waals surface area contributed by atoms with E-state index in [4.69, 9.17) is 11.6 Å². The maximum Gasteiger partial charge on any atom is 0.216 e. The summed E-state index contributed by atoms with van der Waals surface area (Å²) in [6.45, 7) is 2.33. The second-order valence-corrected chi connectivity index (χ2v) is 6.04. The average molecular weight is 378 g/mol. The molecule has 0 aliphatic carbocycles. The third kappa shape index (κ3) is 4.42. The molecule has 8 nitrogen and oxygen atoms in total. The van der Waals surface area contributed by atoms with Crippen LogP contribution in [0.3, 0.4) is 0 Å². The molecule has 1 aromatic carbocycles. The normalized spacial score (nSPS) is 10.9. The molecule has 26 heavy (non-hydrogen) atoms. The molecule has 0 aliphatic rings. The second-order valence-electron chi connectivity index (χ2n) is 5.63. The van der Waals surface area contributed by atoms with Gasteiger partial charge < -0.3 is 5.32 Å². The third-order valence-corrected chi connectivity index (χ3v) is 4.01. The molecule has 2 heterocycles. The molecule has 2 aromatic heterocycles. The third-order valence-electron chi connectivity index (χ3n) is 3.65. The zero-order valence-electron chi connectivity index (χ0n) is 14.1. The Morgan fingerprint density at radius 3 is 2.88 bits per heavy atom. The first-order valence-electron chi connectivity index (χ1n) is 7.95. The SMILES string of the molecule is CC(=O)NCCc1nc(Cn2cncn2)nn1Cc1c(F)cccc1Cl. The molecule has 1 N–H and O–H groups in total. The van der Waals surface area contributed by atoms with E-state index in [1.807, 2.05) is 0 Å². The van der Waals surface area contributed by atoms with E-state index < -0.39 is 5.82 Å². The first-order chi connectivity index (χ1) is 12.5. The monoisotopic (exact) mass is 377 g/mol. The molecule has 0 aliphatic heterocycles. The van der Waals surface area contributed by atoms with Crippen LogP contribution in [-0.2, 0) is 24.3 Å². The smallest absolute Gasteiger partial charge is 0.216 e. The summed E-state index contributed by atoms with van der Waals surface area (Å²) in [5.41, 5.74) is 0.340. The highest BCUT2D eigenvalue weighted by Crippen LogP contribution is 2.20. The number of hydrogen-bond donors (Lipinski definition) is 1. The van der Waals surface area contributed by atoms with Gasteiger partial charge >= 0.3 is 0 Å². The highest BCUT2D eigenvalue weighted by Gasteiger charge is 2.15. The minimum absolute atomic E-state index is 0.129. The molecule has 0 fully saturated rings. The van der Waals surface area contributed by atoms with Crippen molar-refractivity contribution in [1.29, 1.82) is 0 Å². The van der Waals surface area contributed by atoms with E-state index in [-0.39, 0.29) is 12.5 Å². The summed E-state index contributed by atoms with van der Waals surface area (Å²) < 4.78 is 17.3. The van der Waals surface area contributed by atoms with Crippen molar-refractivity contribution >= 4 is 17.5 Å². The molecule has 1 amide bonds. The average Bonchev–Trinajstić information content (AvgIpc) is 3.21. The number of hydrogen-bond acceptors (Lipinski definition) is 5. The molecule has 3 aromatic rings. The molecular formula is C16H17ClFN7O. The quantitative estimate of drug-likeness (QED) is 0.672. The molecule has 3 rings (SSSR count). The lowest BCUT2D eigenvalue weighted by Crippen LogP contribution is -2.23. The van der Waals surface area contributed by atoms with Gasteiger partial charge in [0.05, 0.1) is 6.54 Å². The lowest BCUT2D eigenvalue weighted by molar-refractivity contribution is -0.118. The number of carbonyl (C=O) groups is 1. The molecule has 10 heteroatoms. The van der Waals surface area contributed by atoms with E-state index in [1.165, 1.54) is 19.3 Å². The van der Waals surface area contributed by atoms with Gasteiger partial charge in [0.2, 0.25) is 5.91 Å². The van der Waals surface area contributed by atoms with Gasteiger partial charge in [0.15, 0.2) is 5.82 Å². The van der Waals surface area contributed by atoms with Crippen LogP contribution in [0.25, 0.3) is 0 Å². The van der Waals surface area contributed by atoms with E-state index in [0.29, 0.717) is 41.7 Å². The standard InChI is InChI=1S/C16H17ClFN7O/c1-11(26)20-6-5-16-22-15(8-24-10-19-9-21-24)23-25(16)7-12-13(17)3-2-4-14(12)18/h2-4,9-10H,5-8H2,1H3,(H,20,26). The summed E-state index contributed by atoms with van der Waals surface area (Å²) in [6.07, 6.45) is 3.44. The van der Waals surface area contributed by atoms with Crippen LogP contribution in [0, 0.1) is 5.82 Å². The number of nitrogens with one attached hydrogen (secondary N) is 1. The van der Waals surface area contributed by atoms with Crippen molar-refractivity contribution in [3.8, 4) is 0 Å². The predicted octanol–water partition coefficient (Wildman–Crippen LogP) is 1.44. The number of benzene rings is 1. The minimum Gasteiger partial charge on any atom is -0.356 e. The van der Waals surface area contributed by atoms with Gasteiger partial charge in [0.25, 0.3) is 0 Å². The molecule has 136 valence electrons. The van der Waals surface area contributed by atoms with Crippen LogP contribution in [0.2, 0.25) is 5.02 Å².